The van der Waals surface area contributed by atoms with Crippen LogP contribution < -0.4 is 10.6 Å². The molecule has 0 aliphatic carbocycles. The number of carbonyl (C=O) groups is 2. The topological polar surface area (TPSA) is 76.0 Å². The molecule has 94 valence electrons. The lowest BCUT2D eigenvalue weighted by molar-refractivity contribution is -0.119. The second-order valence-corrected chi connectivity index (χ2v) is 4.47. The number of anilines is 1. The number of imide groups is 1. The Balaban J connectivity index is 2.62. The monoisotopic (exact) mass is 258 g/mol. The van der Waals surface area contributed by atoms with Crippen LogP contribution in [0.3, 0.4) is 0 Å². The van der Waals surface area contributed by atoms with Gasteiger partial charge in [-0.2, -0.15) is 5.10 Å². The highest BCUT2D eigenvalue weighted by Crippen LogP contribution is 2.12. The van der Waals surface area contributed by atoms with E-state index in [2.05, 4.69) is 15.7 Å². The summed E-state index contributed by atoms with van der Waals surface area (Å²) < 4.78 is 1.63. The number of hydrogen-bond donors (Lipinski definition) is 2. The molecule has 0 saturated carbocycles. The van der Waals surface area contributed by atoms with E-state index in [0.717, 1.165) is 0 Å². The van der Waals surface area contributed by atoms with Crippen molar-refractivity contribution in [1.82, 2.24) is 15.1 Å². The van der Waals surface area contributed by atoms with Crippen LogP contribution in [0.1, 0.15) is 26.8 Å². The number of amides is 3. The van der Waals surface area contributed by atoms with E-state index >= 15 is 0 Å². The van der Waals surface area contributed by atoms with E-state index in [4.69, 9.17) is 11.6 Å². The number of nitrogens with one attached hydrogen (secondary N) is 2. The quantitative estimate of drug-likeness (QED) is 0.811. The minimum Gasteiger partial charge on any atom is -0.292 e. The maximum Gasteiger partial charge on any atom is 0.327 e. The van der Waals surface area contributed by atoms with Gasteiger partial charge in [-0.25, -0.2) is 9.48 Å². The van der Waals surface area contributed by atoms with Crippen LogP contribution in [0.15, 0.2) is 12.3 Å². The number of aromatic nitrogens is 2. The highest BCUT2D eigenvalue weighted by Gasteiger charge is 2.14. The summed E-state index contributed by atoms with van der Waals surface area (Å²) in [7, 11) is 0. The molecule has 1 aromatic rings. The van der Waals surface area contributed by atoms with E-state index in [9.17, 15) is 9.59 Å². The minimum atomic E-state index is -0.754. The molecular formula is C10H15ClN4O2. The van der Waals surface area contributed by atoms with E-state index in [1.54, 1.807) is 16.9 Å². The third kappa shape index (κ3) is 3.74. The van der Waals surface area contributed by atoms with Crippen LogP contribution in [0.2, 0.25) is 0 Å². The van der Waals surface area contributed by atoms with E-state index in [1.807, 2.05) is 13.8 Å². The molecule has 1 rings (SSSR count). The van der Waals surface area contributed by atoms with Crippen LogP contribution in [0.5, 0.6) is 0 Å². The molecule has 0 saturated heterocycles. The van der Waals surface area contributed by atoms with Crippen molar-refractivity contribution in [2.24, 2.45) is 0 Å². The van der Waals surface area contributed by atoms with Gasteiger partial charge >= 0.3 is 6.03 Å². The normalized spacial score (nSPS) is 12.3. The van der Waals surface area contributed by atoms with E-state index in [1.165, 1.54) is 6.92 Å². The third-order valence-corrected chi connectivity index (χ3v) is 2.20. The molecule has 1 unspecified atom stereocenters. The zero-order valence-electron chi connectivity index (χ0n) is 9.90. The predicted molar refractivity (Wildman–Crippen MR) is 65.1 cm³/mol. The van der Waals surface area contributed by atoms with E-state index in [0.29, 0.717) is 5.82 Å². The molecule has 0 spiro atoms. The van der Waals surface area contributed by atoms with Gasteiger partial charge in [0.25, 0.3) is 0 Å². The molecule has 1 aromatic heterocycles. The molecule has 0 bridgehead atoms. The first kappa shape index (κ1) is 13.5. The Morgan fingerprint density at radius 2 is 2.06 bits per heavy atom. The number of alkyl halides is 1. The lowest BCUT2D eigenvalue weighted by Gasteiger charge is -2.12. The van der Waals surface area contributed by atoms with Gasteiger partial charge in [-0.1, -0.05) is 0 Å². The van der Waals surface area contributed by atoms with Crippen LogP contribution in [0, 0.1) is 0 Å². The van der Waals surface area contributed by atoms with Crippen molar-refractivity contribution >= 4 is 29.4 Å². The fourth-order valence-corrected chi connectivity index (χ4v) is 1.24. The number of hydrogen-bond acceptors (Lipinski definition) is 3. The highest BCUT2D eigenvalue weighted by molar-refractivity contribution is 6.31. The van der Waals surface area contributed by atoms with Crippen molar-refractivity contribution in [1.29, 1.82) is 0 Å². The standard InChI is InChI=1S/C10H15ClN4O2/c1-6(2)15-8(4-5-12-15)13-10(17)14-9(16)7(3)11/h4-7H,1-3H3,(H2,13,14,16,17). The molecule has 17 heavy (non-hydrogen) atoms. The first-order chi connectivity index (χ1) is 7.91. The highest BCUT2D eigenvalue weighted by atomic mass is 35.5. The molecular weight excluding hydrogens is 244 g/mol. The average molecular weight is 259 g/mol. The second-order valence-electron chi connectivity index (χ2n) is 3.81. The molecule has 1 atom stereocenters. The Labute approximate surface area is 104 Å². The first-order valence-corrected chi connectivity index (χ1v) is 5.65. The maximum atomic E-state index is 11.5. The van der Waals surface area contributed by atoms with Crippen molar-refractivity contribution in [3.63, 3.8) is 0 Å². The number of rotatable bonds is 3. The fourth-order valence-electron chi connectivity index (χ4n) is 1.18. The Morgan fingerprint density at radius 3 is 2.59 bits per heavy atom. The Bertz CT molecular complexity index is 414. The molecule has 0 aliphatic rings. The SMILES string of the molecule is CC(Cl)C(=O)NC(=O)Nc1ccnn1C(C)C. The largest absolute Gasteiger partial charge is 0.327 e. The molecule has 0 aliphatic heterocycles. The lowest BCUT2D eigenvalue weighted by Crippen LogP contribution is -2.38. The van der Waals surface area contributed by atoms with Crippen LogP contribution in [-0.2, 0) is 4.79 Å². The van der Waals surface area contributed by atoms with Crippen molar-refractivity contribution in [3.05, 3.63) is 12.3 Å². The zero-order chi connectivity index (χ0) is 13.0. The Kier molecular flexibility index (Phi) is 4.51. The molecule has 7 heteroatoms. The molecule has 3 amide bonds. The number of urea groups is 1. The van der Waals surface area contributed by atoms with Crippen molar-refractivity contribution in [2.75, 3.05) is 5.32 Å². The summed E-state index contributed by atoms with van der Waals surface area (Å²) in [5, 5.41) is 7.94. The number of halogens is 1. The summed E-state index contributed by atoms with van der Waals surface area (Å²) >= 11 is 5.53. The molecule has 0 aromatic carbocycles. The van der Waals surface area contributed by atoms with Gasteiger partial charge in [0, 0.05) is 12.1 Å². The summed E-state index contributed by atoms with van der Waals surface area (Å²) in [5.74, 6) is -0.0210. The smallest absolute Gasteiger partial charge is 0.292 e. The molecule has 6 nitrogen and oxygen atoms in total. The molecule has 1 heterocycles. The number of carbonyl (C=O) groups excluding carboxylic acids is 2. The Hall–Kier alpha value is -1.56. The van der Waals surface area contributed by atoms with Crippen molar-refractivity contribution in [3.8, 4) is 0 Å². The van der Waals surface area contributed by atoms with Gasteiger partial charge in [-0.3, -0.25) is 15.4 Å². The van der Waals surface area contributed by atoms with Gasteiger partial charge < -0.3 is 0 Å². The van der Waals surface area contributed by atoms with Gasteiger partial charge in [0.15, 0.2) is 0 Å². The van der Waals surface area contributed by atoms with Crippen molar-refractivity contribution < 1.29 is 9.59 Å². The minimum absolute atomic E-state index is 0.114. The third-order valence-electron chi connectivity index (χ3n) is 2.00. The zero-order valence-corrected chi connectivity index (χ0v) is 10.7. The van der Waals surface area contributed by atoms with Gasteiger partial charge in [0.1, 0.15) is 11.2 Å². The van der Waals surface area contributed by atoms with Gasteiger partial charge in [-0.05, 0) is 20.8 Å². The van der Waals surface area contributed by atoms with Crippen molar-refractivity contribution in [2.45, 2.75) is 32.2 Å². The average Bonchev–Trinajstić information content (AvgIpc) is 2.65. The van der Waals surface area contributed by atoms with Gasteiger partial charge in [-0.15, -0.1) is 11.6 Å². The summed E-state index contributed by atoms with van der Waals surface area (Å²) in [6.45, 7) is 5.35. The number of nitrogens with zero attached hydrogens (tertiary/aromatic N) is 2. The van der Waals surface area contributed by atoms with Crippen LogP contribution in [0.4, 0.5) is 10.6 Å². The molecule has 0 radical (unpaired) electrons. The fraction of sp³-hybridized carbons (Fsp3) is 0.500. The lowest BCUT2D eigenvalue weighted by atomic mass is 10.4. The predicted octanol–water partition coefficient (Wildman–Crippen LogP) is 1.74. The summed E-state index contributed by atoms with van der Waals surface area (Å²) in [4.78, 5) is 22.6. The van der Waals surface area contributed by atoms with Crippen LogP contribution in [0.25, 0.3) is 0 Å². The second kappa shape index (κ2) is 5.67. The summed E-state index contributed by atoms with van der Waals surface area (Å²) in [6, 6.07) is 1.14. The van der Waals surface area contributed by atoms with Gasteiger partial charge in [0.2, 0.25) is 5.91 Å². The molecule has 0 fully saturated rings. The van der Waals surface area contributed by atoms with Gasteiger partial charge in [0.05, 0.1) is 6.20 Å². The maximum absolute atomic E-state index is 11.5. The Morgan fingerprint density at radius 1 is 1.41 bits per heavy atom. The van der Waals surface area contributed by atoms with Crippen LogP contribution >= 0.6 is 11.6 Å². The van der Waals surface area contributed by atoms with Crippen LogP contribution in [-0.4, -0.2) is 27.1 Å². The summed E-state index contributed by atoms with van der Waals surface area (Å²) in [5.41, 5.74) is 0. The first-order valence-electron chi connectivity index (χ1n) is 5.21. The van der Waals surface area contributed by atoms with E-state index in [-0.39, 0.29) is 6.04 Å². The summed E-state index contributed by atoms with van der Waals surface area (Å²) in [6.07, 6.45) is 1.57. The molecule has 2 N–H and O–H groups in total. The van der Waals surface area contributed by atoms with E-state index < -0.39 is 17.3 Å².